The molecule has 0 heterocycles. The van der Waals surface area contributed by atoms with Gasteiger partial charge in [-0.3, -0.25) is 10.1 Å². The SMILES string of the molecule is CCc1cc(Br)ccc1NC(=O)NC(=O)C(Cl)CCl. The van der Waals surface area contributed by atoms with Crippen LogP contribution in [-0.4, -0.2) is 23.2 Å². The Morgan fingerprint density at radius 2 is 2.11 bits per heavy atom. The third-order valence-electron chi connectivity index (χ3n) is 2.35. The lowest BCUT2D eigenvalue weighted by Gasteiger charge is -2.11. The molecule has 3 amide bonds. The van der Waals surface area contributed by atoms with Crippen LogP contribution in [0.1, 0.15) is 12.5 Å². The lowest BCUT2D eigenvalue weighted by Crippen LogP contribution is -2.39. The first-order valence-electron chi connectivity index (χ1n) is 5.58. The molecule has 2 N–H and O–H groups in total. The topological polar surface area (TPSA) is 58.2 Å². The Kier molecular flexibility index (Phi) is 6.62. The number of anilines is 1. The normalized spacial score (nSPS) is 11.8. The van der Waals surface area contributed by atoms with Crippen molar-refractivity contribution in [2.75, 3.05) is 11.2 Å². The molecule has 0 aromatic heterocycles. The van der Waals surface area contributed by atoms with E-state index in [1.807, 2.05) is 13.0 Å². The van der Waals surface area contributed by atoms with Crippen molar-refractivity contribution in [3.05, 3.63) is 28.2 Å². The van der Waals surface area contributed by atoms with Crippen LogP contribution in [0.2, 0.25) is 0 Å². The molecule has 0 aliphatic heterocycles. The van der Waals surface area contributed by atoms with Crippen LogP contribution in [0.5, 0.6) is 0 Å². The lowest BCUT2D eigenvalue weighted by atomic mass is 10.1. The number of benzene rings is 1. The average molecular weight is 368 g/mol. The summed E-state index contributed by atoms with van der Waals surface area (Å²) in [4.78, 5) is 23.0. The Labute approximate surface area is 130 Å². The zero-order chi connectivity index (χ0) is 14.4. The van der Waals surface area contributed by atoms with Crippen molar-refractivity contribution in [1.82, 2.24) is 5.32 Å². The number of hydrogen-bond donors (Lipinski definition) is 2. The fourth-order valence-electron chi connectivity index (χ4n) is 1.39. The highest BCUT2D eigenvalue weighted by Gasteiger charge is 2.17. The molecule has 0 saturated carbocycles. The molecule has 104 valence electrons. The van der Waals surface area contributed by atoms with Gasteiger partial charge in [0.2, 0.25) is 5.91 Å². The number of carbonyl (C=O) groups excluding carboxylic acids is 2. The van der Waals surface area contributed by atoms with E-state index in [1.165, 1.54) is 0 Å². The highest BCUT2D eigenvalue weighted by atomic mass is 79.9. The number of amides is 3. The fraction of sp³-hybridized carbons (Fsp3) is 0.333. The number of carbonyl (C=O) groups is 2. The number of alkyl halides is 2. The van der Waals surface area contributed by atoms with E-state index in [2.05, 4.69) is 26.6 Å². The molecule has 4 nitrogen and oxygen atoms in total. The van der Waals surface area contributed by atoms with Gasteiger partial charge in [-0.2, -0.15) is 0 Å². The minimum atomic E-state index is -0.928. The number of urea groups is 1. The molecule has 0 bridgehead atoms. The summed E-state index contributed by atoms with van der Waals surface area (Å²) >= 11 is 14.4. The second kappa shape index (κ2) is 7.72. The molecule has 0 aliphatic rings. The van der Waals surface area contributed by atoms with Gasteiger partial charge >= 0.3 is 6.03 Å². The maximum absolute atomic E-state index is 11.6. The molecule has 0 radical (unpaired) electrons. The summed E-state index contributed by atoms with van der Waals surface area (Å²) in [6, 6.07) is 4.84. The van der Waals surface area contributed by atoms with Crippen LogP contribution in [0.15, 0.2) is 22.7 Å². The zero-order valence-corrected chi connectivity index (χ0v) is 13.3. The third-order valence-corrected chi connectivity index (χ3v) is 3.67. The Morgan fingerprint density at radius 3 is 2.68 bits per heavy atom. The zero-order valence-electron chi connectivity index (χ0n) is 10.2. The number of halogens is 3. The number of rotatable bonds is 4. The van der Waals surface area contributed by atoms with E-state index in [1.54, 1.807) is 12.1 Å². The molecule has 1 rings (SSSR count). The molecule has 1 aromatic rings. The monoisotopic (exact) mass is 366 g/mol. The Hall–Kier alpha value is -0.780. The summed E-state index contributed by atoms with van der Waals surface area (Å²) < 4.78 is 0.925. The fourth-order valence-corrected chi connectivity index (χ4v) is 1.99. The Balaban J connectivity index is 2.69. The van der Waals surface area contributed by atoms with E-state index in [9.17, 15) is 9.59 Å². The van der Waals surface area contributed by atoms with Crippen molar-refractivity contribution >= 4 is 56.8 Å². The van der Waals surface area contributed by atoms with E-state index in [0.717, 1.165) is 16.5 Å². The van der Waals surface area contributed by atoms with E-state index in [-0.39, 0.29) is 5.88 Å². The van der Waals surface area contributed by atoms with Crippen molar-refractivity contribution in [3.8, 4) is 0 Å². The van der Waals surface area contributed by atoms with Crippen LogP contribution < -0.4 is 10.6 Å². The first-order chi connectivity index (χ1) is 8.97. The summed E-state index contributed by atoms with van der Waals surface area (Å²) in [7, 11) is 0. The smallest absolute Gasteiger partial charge is 0.307 e. The third kappa shape index (κ3) is 5.01. The Morgan fingerprint density at radius 1 is 1.42 bits per heavy atom. The van der Waals surface area contributed by atoms with Crippen LogP contribution in [-0.2, 0) is 11.2 Å². The summed E-state index contributed by atoms with van der Waals surface area (Å²) in [6.07, 6.45) is 0.753. The van der Waals surface area contributed by atoms with Crippen molar-refractivity contribution in [2.45, 2.75) is 18.7 Å². The van der Waals surface area contributed by atoms with Gasteiger partial charge in [0.15, 0.2) is 0 Å². The van der Waals surface area contributed by atoms with Gasteiger partial charge in [0.05, 0.1) is 0 Å². The van der Waals surface area contributed by atoms with Crippen LogP contribution >= 0.6 is 39.1 Å². The van der Waals surface area contributed by atoms with E-state index >= 15 is 0 Å². The summed E-state index contributed by atoms with van der Waals surface area (Å²) in [5, 5.41) is 3.81. The predicted molar refractivity (Wildman–Crippen MR) is 81.0 cm³/mol. The molecule has 19 heavy (non-hydrogen) atoms. The molecular formula is C12H13BrCl2N2O2. The van der Waals surface area contributed by atoms with Crippen LogP contribution in [0.3, 0.4) is 0 Å². The summed E-state index contributed by atoms with van der Waals surface area (Å²) in [5.74, 6) is -0.677. The summed E-state index contributed by atoms with van der Waals surface area (Å²) in [5.41, 5.74) is 1.60. The predicted octanol–water partition coefficient (Wildman–Crippen LogP) is 3.51. The molecule has 0 spiro atoms. The summed E-state index contributed by atoms with van der Waals surface area (Å²) in [6.45, 7) is 1.97. The highest BCUT2D eigenvalue weighted by molar-refractivity contribution is 9.10. The lowest BCUT2D eigenvalue weighted by molar-refractivity contribution is -0.119. The number of imide groups is 1. The standard InChI is InChI=1S/C12H13BrCl2N2O2/c1-2-7-5-8(13)3-4-10(7)16-12(19)17-11(18)9(15)6-14/h3-5,9H,2,6H2,1H3,(H2,16,17,18,19). The first-order valence-corrected chi connectivity index (χ1v) is 7.34. The second-order valence-corrected chi connectivity index (χ2v) is 5.47. The van der Waals surface area contributed by atoms with Gasteiger partial charge in [-0.15, -0.1) is 23.2 Å². The van der Waals surface area contributed by atoms with E-state index < -0.39 is 17.3 Å². The largest absolute Gasteiger partial charge is 0.325 e. The van der Waals surface area contributed by atoms with Gasteiger partial charge in [0, 0.05) is 16.0 Å². The molecule has 1 atom stereocenters. The van der Waals surface area contributed by atoms with E-state index in [0.29, 0.717) is 5.69 Å². The van der Waals surface area contributed by atoms with Crippen molar-refractivity contribution in [3.63, 3.8) is 0 Å². The van der Waals surface area contributed by atoms with Gasteiger partial charge in [-0.05, 0) is 30.2 Å². The average Bonchev–Trinajstić information content (AvgIpc) is 2.39. The molecule has 7 heteroatoms. The van der Waals surface area contributed by atoms with Crippen LogP contribution in [0, 0.1) is 0 Å². The molecule has 0 saturated heterocycles. The molecule has 0 fully saturated rings. The number of nitrogens with one attached hydrogen (secondary N) is 2. The minimum absolute atomic E-state index is 0.0564. The van der Waals surface area contributed by atoms with Gasteiger partial charge in [0.1, 0.15) is 5.38 Å². The maximum atomic E-state index is 11.6. The van der Waals surface area contributed by atoms with Gasteiger partial charge in [-0.1, -0.05) is 22.9 Å². The number of aryl methyl sites for hydroxylation is 1. The van der Waals surface area contributed by atoms with Crippen LogP contribution in [0.4, 0.5) is 10.5 Å². The molecule has 1 aromatic carbocycles. The van der Waals surface area contributed by atoms with Crippen molar-refractivity contribution in [2.24, 2.45) is 0 Å². The number of hydrogen-bond acceptors (Lipinski definition) is 2. The van der Waals surface area contributed by atoms with Gasteiger partial charge in [0.25, 0.3) is 0 Å². The van der Waals surface area contributed by atoms with E-state index in [4.69, 9.17) is 23.2 Å². The second-order valence-electron chi connectivity index (χ2n) is 3.72. The minimum Gasteiger partial charge on any atom is -0.307 e. The molecular weight excluding hydrogens is 355 g/mol. The van der Waals surface area contributed by atoms with Crippen molar-refractivity contribution in [1.29, 1.82) is 0 Å². The molecule has 0 aliphatic carbocycles. The first kappa shape index (κ1) is 16.3. The van der Waals surface area contributed by atoms with Crippen LogP contribution in [0.25, 0.3) is 0 Å². The maximum Gasteiger partial charge on any atom is 0.325 e. The molecule has 1 unspecified atom stereocenters. The quantitative estimate of drug-likeness (QED) is 0.800. The van der Waals surface area contributed by atoms with Gasteiger partial charge in [-0.25, -0.2) is 4.79 Å². The Bertz CT molecular complexity index is 483. The van der Waals surface area contributed by atoms with Crippen molar-refractivity contribution < 1.29 is 9.59 Å². The van der Waals surface area contributed by atoms with Gasteiger partial charge < -0.3 is 5.32 Å². The highest BCUT2D eigenvalue weighted by Crippen LogP contribution is 2.21.